The molecule has 0 atom stereocenters. The van der Waals surface area contributed by atoms with Gasteiger partial charge in [0.1, 0.15) is 12.4 Å². The highest BCUT2D eigenvalue weighted by Crippen LogP contribution is 2.22. The van der Waals surface area contributed by atoms with E-state index in [-0.39, 0.29) is 0 Å². The molecule has 0 saturated carbocycles. The SMILES string of the molecule is Brc1ccc(COc2ccc(-c3cnc4ccccc4n3)cc2)cc1. The minimum absolute atomic E-state index is 0.544. The summed E-state index contributed by atoms with van der Waals surface area (Å²) in [5.74, 6) is 0.834. The molecule has 122 valence electrons. The molecule has 4 aromatic rings. The predicted octanol–water partition coefficient (Wildman–Crippen LogP) is 5.64. The summed E-state index contributed by atoms with van der Waals surface area (Å²) in [7, 11) is 0. The van der Waals surface area contributed by atoms with Crippen molar-refractivity contribution in [2.45, 2.75) is 6.61 Å². The Morgan fingerprint density at radius 1 is 0.800 bits per heavy atom. The van der Waals surface area contributed by atoms with E-state index < -0.39 is 0 Å². The van der Waals surface area contributed by atoms with Crippen molar-refractivity contribution in [2.75, 3.05) is 0 Å². The van der Waals surface area contributed by atoms with E-state index in [0.717, 1.165) is 38.1 Å². The summed E-state index contributed by atoms with van der Waals surface area (Å²) in [6, 6.07) is 23.9. The Labute approximate surface area is 154 Å². The molecule has 0 N–H and O–H groups in total. The molecule has 1 heterocycles. The first-order valence-electron chi connectivity index (χ1n) is 7.97. The normalized spacial score (nSPS) is 10.8. The maximum atomic E-state index is 5.84. The fourth-order valence-electron chi connectivity index (χ4n) is 2.57. The number of benzene rings is 3. The molecule has 25 heavy (non-hydrogen) atoms. The van der Waals surface area contributed by atoms with Crippen molar-refractivity contribution in [2.24, 2.45) is 0 Å². The second kappa shape index (κ2) is 7.03. The third-order valence-electron chi connectivity index (χ3n) is 3.92. The largest absolute Gasteiger partial charge is 0.489 e. The number of rotatable bonds is 4. The summed E-state index contributed by atoms with van der Waals surface area (Å²) >= 11 is 3.43. The highest BCUT2D eigenvalue weighted by atomic mass is 79.9. The van der Waals surface area contributed by atoms with E-state index in [1.165, 1.54) is 0 Å². The molecule has 3 nitrogen and oxygen atoms in total. The molecular weight excluding hydrogens is 376 g/mol. The quantitative estimate of drug-likeness (QED) is 0.452. The molecule has 0 aliphatic carbocycles. The fraction of sp³-hybridized carbons (Fsp3) is 0.0476. The first kappa shape index (κ1) is 15.8. The van der Waals surface area contributed by atoms with Crippen LogP contribution in [0.4, 0.5) is 0 Å². The highest BCUT2D eigenvalue weighted by molar-refractivity contribution is 9.10. The van der Waals surface area contributed by atoms with Gasteiger partial charge in [-0.15, -0.1) is 0 Å². The lowest BCUT2D eigenvalue weighted by molar-refractivity contribution is 0.306. The van der Waals surface area contributed by atoms with Crippen LogP contribution in [0.25, 0.3) is 22.3 Å². The Morgan fingerprint density at radius 3 is 2.28 bits per heavy atom. The van der Waals surface area contributed by atoms with Gasteiger partial charge in [-0.3, -0.25) is 4.98 Å². The molecule has 0 fully saturated rings. The maximum absolute atomic E-state index is 5.84. The molecule has 0 radical (unpaired) electrons. The van der Waals surface area contributed by atoms with Crippen molar-refractivity contribution in [1.29, 1.82) is 0 Å². The van der Waals surface area contributed by atoms with Crippen LogP contribution in [0.1, 0.15) is 5.56 Å². The van der Waals surface area contributed by atoms with Gasteiger partial charge in [0, 0.05) is 10.0 Å². The summed E-state index contributed by atoms with van der Waals surface area (Å²) in [6.07, 6.45) is 1.81. The van der Waals surface area contributed by atoms with Gasteiger partial charge in [-0.05, 0) is 54.1 Å². The number of hydrogen-bond donors (Lipinski definition) is 0. The second-order valence-corrected chi connectivity index (χ2v) is 6.60. The van der Waals surface area contributed by atoms with Gasteiger partial charge in [0.05, 0.1) is 22.9 Å². The van der Waals surface area contributed by atoms with Crippen molar-refractivity contribution in [3.05, 3.63) is 89.0 Å². The van der Waals surface area contributed by atoms with Crippen LogP contribution >= 0.6 is 15.9 Å². The van der Waals surface area contributed by atoms with E-state index in [9.17, 15) is 0 Å². The van der Waals surface area contributed by atoms with Crippen molar-refractivity contribution in [3.63, 3.8) is 0 Å². The summed E-state index contributed by atoms with van der Waals surface area (Å²) in [4.78, 5) is 9.13. The molecule has 0 amide bonds. The molecule has 0 saturated heterocycles. The first-order chi connectivity index (χ1) is 12.3. The van der Waals surface area contributed by atoms with E-state index >= 15 is 0 Å². The third kappa shape index (κ3) is 3.69. The number of ether oxygens (including phenoxy) is 1. The zero-order chi connectivity index (χ0) is 17.1. The molecule has 4 rings (SSSR count). The lowest BCUT2D eigenvalue weighted by atomic mass is 10.1. The molecule has 3 aromatic carbocycles. The van der Waals surface area contributed by atoms with Crippen LogP contribution in [0.5, 0.6) is 5.75 Å². The molecule has 4 heteroatoms. The number of para-hydroxylation sites is 2. The summed E-state index contributed by atoms with van der Waals surface area (Å²) < 4.78 is 6.91. The van der Waals surface area contributed by atoms with Gasteiger partial charge >= 0.3 is 0 Å². The molecule has 1 aromatic heterocycles. The Balaban J connectivity index is 1.49. The molecular formula is C21H15BrN2O. The molecule has 0 aliphatic heterocycles. The molecule has 0 spiro atoms. The molecule has 0 bridgehead atoms. The van der Waals surface area contributed by atoms with Crippen molar-refractivity contribution in [3.8, 4) is 17.0 Å². The Bertz CT molecular complexity index is 998. The van der Waals surface area contributed by atoms with E-state index in [2.05, 4.69) is 25.9 Å². The van der Waals surface area contributed by atoms with Crippen LogP contribution in [0.3, 0.4) is 0 Å². The minimum atomic E-state index is 0.544. The average Bonchev–Trinajstić information content (AvgIpc) is 2.68. The van der Waals surface area contributed by atoms with Gasteiger partial charge in [-0.2, -0.15) is 0 Å². The van der Waals surface area contributed by atoms with E-state index in [1.54, 1.807) is 6.20 Å². The van der Waals surface area contributed by atoms with Gasteiger partial charge in [0.15, 0.2) is 0 Å². The fourth-order valence-corrected chi connectivity index (χ4v) is 2.83. The van der Waals surface area contributed by atoms with Gasteiger partial charge in [0.25, 0.3) is 0 Å². The third-order valence-corrected chi connectivity index (χ3v) is 4.45. The standard InChI is InChI=1S/C21H15BrN2O/c22-17-9-5-15(6-10-17)14-25-18-11-7-16(8-12-18)21-13-23-19-3-1-2-4-20(19)24-21/h1-13H,14H2. The number of aromatic nitrogens is 2. The van der Waals surface area contributed by atoms with Crippen LogP contribution in [0.2, 0.25) is 0 Å². The van der Waals surface area contributed by atoms with E-state index in [0.29, 0.717) is 6.61 Å². The van der Waals surface area contributed by atoms with Crippen LogP contribution < -0.4 is 4.74 Å². The number of halogens is 1. The summed E-state index contributed by atoms with van der Waals surface area (Å²) in [6.45, 7) is 0.544. The van der Waals surface area contributed by atoms with Gasteiger partial charge in [-0.25, -0.2) is 4.98 Å². The van der Waals surface area contributed by atoms with Crippen molar-refractivity contribution < 1.29 is 4.74 Å². The van der Waals surface area contributed by atoms with Crippen molar-refractivity contribution >= 4 is 27.0 Å². The van der Waals surface area contributed by atoms with Crippen LogP contribution in [0.15, 0.2) is 83.5 Å². The number of nitrogens with zero attached hydrogens (tertiary/aromatic N) is 2. The topological polar surface area (TPSA) is 35.0 Å². The lowest BCUT2D eigenvalue weighted by Crippen LogP contribution is -1.95. The minimum Gasteiger partial charge on any atom is -0.489 e. The lowest BCUT2D eigenvalue weighted by Gasteiger charge is -2.08. The summed E-state index contributed by atoms with van der Waals surface area (Å²) in [5.41, 5.74) is 4.82. The van der Waals surface area contributed by atoms with Gasteiger partial charge in [-0.1, -0.05) is 40.2 Å². The Kier molecular flexibility index (Phi) is 4.44. The summed E-state index contributed by atoms with van der Waals surface area (Å²) in [5, 5.41) is 0. The number of fused-ring (bicyclic) bond motifs is 1. The second-order valence-electron chi connectivity index (χ2n) is 5.68. The highest BCUT2D eigenvalue weighted by Gasteiger charge is 2.03. The Morgan fingerprint density at radius 2 is 1.52 bits per heavy atom. The van der Waals surface area contributed by atoms with E-state index in [1.807, 2.05) is 72.8 Å². The smallest absolute Gasteiger partial charge is 0.119 e. The molecule has 0 unspecified atom stereocenters. The zero-order valence-electron chi connectivity index (χ0n) is 13.4. The molecule has 0 aliphatic rings. The van der Waals surface area contributed by atoms with Crippen LogP contribution in [-0.4, -0.2) is 9.97 Å². The number of hydrogen-bond acceptors (Lipinski definition) is 3. The average molecular weight is 391 g/mol. The monoisotopic (exact) mass is 390 g/mol. The van der Waals surface area contributed by atoms with Crippen LogP contribution in [0, 0.1) is 0 Å². The van der Waals surface area contributed by atoms with Crippen molar-refractivity contribution in [1.82, 2.24) is 9.97 Å². The van der Waals surface area contributed by atoms with Gasteiger partial charge < -0.3 is 4.74 Å². The van der Waals surface area contributed by atoms with E-state index in [4.69, 9.17) is 4.74 Å². The maximum Gasteiger partial charge on any atom is 0.119 e. The predicted molar refractivity (Wildman–Crippen MR) is 103 cm³/mol. The zero-order valence-corrected chi connectivity index (χ0v) is 15.0. The first-order valence-corrected chi connectivity index (χ1v) is 8.77. The van der Waals surface area contributed by atoms with Crippen LogP contribution in [-0.2, 0) is 6.61 Å². The van der Waals surface area contributed by atoms with Gasteiger partial charge in [0.2, 0.25) is 0 Å². The Hall–Kier alpha value is -2.72.